The molecule has 0 aromatic carbocycles. The second-order valence-electron chi connectivity index (χ2n) is 1.89. The molecule has 0 fully saturated rings. The van der Waals surface area contributed by atoms with E-state index >= 15 is 0 Å². The molecule has 0 aromatic heterocycles. The Morgan fingerprint density at radius 3 is 2.00 bits per heavy atom. The highest BCUT2D eigenvalue weighted by Gasteiger charge is 1.89. The molecule has 0 aromatic rings. The number of hydrogen-bond acceptors (Lipinski definition) is 0. The SMILES string of the molecule is CCCC(C)[NH3+].[Cl-]. The molecule has 0 aliphatic carbocycles. The molecular weight excluding hydrogens is 110 g/mol. The summed E-state index contributed by atoms with van der Waals surface area (Å²) in [6.45, 7) is 4.32. The summed E-state index contributed by atoms with van der Waals surface area (Å²) in [6.07, 6.45) is 2.53. The van der Waals surface area contributed by atoms with Crippen molar-refractivity contribution in [2.75, 3.05) is 0 Å². The van der Waals surface area contributed by atoms with Crippen molar-refractivity contribution < 1.29 is 18.1 Å². The van der Waals surface area contributed by atoms with E-state index in [1.807, 2.05) is 0 Å². The first-order valence-electron chi connectivity index (χ1n) is 2.60. The molecule has 0 bridgehead atoms. The van der Waals surface area contributed by atoms with E-state index in [9.17, 15) is 0 Å². The summed E-state index contributed by atoms with van der Waals surface area (Å²) in [7, 11) is 0. The molecule has 0 saturated carbocycles. The van der Waals surface area contributed by atoms with Crippen molar-refractivity contribution >= 4 is 0 Å². The molecular formula is C5H14ClN. The molecule has 7 heavy (non-hydrogen) atoms. The van der Waals surface area contributed by atoms with Gasteiger partial charge >= 0.3 is 0 Å². The second kappa shape index (κ2) is 6.25. The minimum atomic E-state index is 0. The Bertz CT molecular complexity index is 29.3. The van der Waals surface area contributed by atoms with Gasteiger partial charge in [-0.15, -0.1) is 0 Å². The minimum absolute atomic E-state index is 0. The molecule has 3 N–H and O–H groups in total. The third-order valence-corrected chi connectivity index (χ3v) is 0.781. The fraction of sp³-hybridized carbons (Fsp3) is 1.00. The predicted octanol–water partition coefficient (Wildman–Crippen LogP) is -2.58. The zero-order chi connectivity index (χ0) is 4.99. The summed E-state index contributed by atoms with van der Waals surface area (Å²) in [4.78, 5) is 0. The fourth-order valence-electron chi connectivity index (χ4n) is 0.493. The predicted molar refractivity (Wildman–Crippen MR) is 27.3 cm³/mol. The summed E-state index contributed by atoms with van der Waals surface area (Å²) in [5.41, 5.74) is 3.83. The van der Waals surface area contributed by atoms with Crippen molar-refractivity contribution in [3.63, 3.8) is 0 Å². The molecule has 0 spiro atoms. The lowest BCUT2D eigenvalue weighted by atomic mass is 10.2. The van der Waals surface area contributed by atoms with Crippen molar-refractivity contribution in [3.05, 3.63) is 0 Å². The normalized spacial score (nSPS) is 12.4. The smallest absolute Gasteiger partial charge is 0.0814 e. The van der Waals surface area contributed by atoms with E-state index < -0.39 is 0 Å². The Morgan fingerprint density at radius 1 is 1.57 bits per heavy atom. The first-order chi connectivity index (χ1) is 2.77. The van der Waals surface area contributed by atoms with Crippen LogP contribution in [0.3, 0.4) is 0 Å². The van der Waals surface area contributed by atoms with Gasteiger partial charge in [0.2, 0.25) is 0 Å². The molecule has 1 unspecified atom stereocenters. The molecule has 0 saturated heterocycles. The molecule has 0 aliphatic heterocycles. The number of hydrogen-bond donors (Lipinski definition) is 1. The molecule has 1 atom stereocenters. The molecule has 0 radical (unpaired) electrons. The second-order valence-corrected chi connectivity index (χ2v) is 1.89. The molecule has 0 rings (SSSR count). The molecule has 0 aliphatic rings. The highest BCUT2D eigenvalue weighted by atomic mass is 35.5. The maximum atomic E-state index is 3.83. The van der Waals surface area contributed by atoms with Gasteiger partial charge in [-0.2, -0.15) is 0 Å². The molecule has 46 valence electrons. The van der Waals surface area contributed by atoms with Gasteiger partial charge in [0.15, 0.2) is 0 Å². The third kappa shape index (κ3) is 10.7. The zero-order valence-corrected chi connectivity index (χ0v) is 5.83. The van der Waals surface area contributed by atoms with Crippen molar-refractivity contribution in [2.24, 2.45) is 0 Å². The molecule has 1 nitrogen and oxygen atoms in total. The molecule has 0 amide bonds. The van der Waals surface area contributed by atoms with Crippen LogP contribution < -0.4 is 18.1 Å². The van der Waals surface area contributed by atoms with Crippen LogP contribution in [0.5, 0.6) is 0 Å². The molecule has 0 heterocycles. The van der Waals surface area contributed by atoms with Gasteiger partial charge in [-0.05, 0) is 13.3 Å². The fourth-order valence-corrected chi connectivity index (χ4v) is 0.493. The van der Waals surface area contributed by atoms with Crippen LogP contribution in [-0.4, -0.2) is 6.04 Å². The summed E-state index contributed by atoms with van der Waals surface area (Å²) < 4.78 is 0. The lowest BCUT2D eigenvalue weighted by molar-refractivity contribution is -0.415. The van der Waals surface area contributed by atoms with Crippen LogP contribution in [0.25, 0.3) is 0 Å². The number of quaternary nitrogens is 1. The topological polar surface area (TPSA) is 27.6 Å². The first kappa shape index (κ1) is 10.3. The van der Waals surface area contributed by atoms with Gasteiger partial charge in [-0.25, -0.2) is 0 Å². The van der Waals surface area contributed by atoms with Gasteiger partial charge in [0, 0.05) is 0 Å². The van der Waals surface area contributed by atoms with Crippen LogP contribution in [0.2, 0.25) is 0 Å². The van der Waals surface area contributed by atoms with Crippen molar-refractivity contribution in [2.45, 2.75) is 32.7 Å². The van der Waals surface area contributed by atoms with Gasteiger partial charge in [0.1, 0.15) is 0 Å². The highest BCUT2D eigenvalue weighted by molar-refractivity contribution is 4.38. The Balaban J connectivity index is 0. The Kier molecular flexibility index (Phi) is 9.17. The summed E-state index contributed by atoms with van der Waals surface area (Å²) in [5.74, 6) is 0. The van der Waals surface area contributed by atoms with Crippen LogP contribution >= 0.6 is 0 Å². The van der Waals surface area contributed by atoms with Crippen LogP contribution in [0, 0.1) is 0 Å². The summed E-state index contributed by atoms with van der Waals surface area (Å²) >= 11 is 0. The van der Waals surface area contributed by atoms with E-state index in [4.69, 9.17) is 0 Å². The van der Waals surface area contributed by atoms with E-state index in [1.54, 1.807) is 0 Å². The van der Waals surface area contributed by atoms with Crippen molar-refractivity contribution in [1.82, 2.24) is 0 Å². The van der Waals surface area contributed by atoms with E-state index in [0.717, 1.165) is 0 Å². The van der Waals surface area contributed by atoms with Gasteiger partial charge in [0.05, 0.1) is 6.04 Å². The third-order valence-electron chi connectivity index (χ3n) is 0.781. The minimum Gasteiger partial charge on any atom is -1.00 e. The summed E-state index contributed by atoms with van der Waals surface area (Å²) in [6, 6.07) is 0.648. The number of halogens is 1. The van der Waals surface area contributed by atoms with Crippen molar-refractivity contribution in [3.8, 4) is 0 Å². The van der Waals surface area contributed by atoms with Crippen molar-refractivity contribution in [1.29, 1.82) is 0 Å². The first-order valence-corrected chi connectivity index (χ1v) is 2.60. The van der Waals surface area contributed by atoms with Crippen LogP contribution in [0.15, 0.2) is 0 Å². The van der Waals surface area contributed by atoms with E-state index in [0.29, 0.717) is 6.04 Å². The van der Waals surface area contributed by atoms with E-state index in [1.165, 1.54) is 12.8 Å². The van der Waals surface area contributed by atoms with Crippen LogP contribution in [-0.2, 0) is 0 Å². The number of rotatable bonds is 2. The standard InChI is InChI=1S/C5H13N.ClH/c1-3-4-5(2)6;/h5H,3-4,6H2,1-2H3;1H. The maximum absolute atomic E-state index is 3.83. The Morgan fingerprint density at radius 2 is 2.00 bits per heavy atom. The Labute approximate surface area is 51.7 Å². The molecule has 2 heteroatoms. The quantitative estimate of drug-likeness (QED) is 0.418. The van der Waals surface area contributed by atoms with Crippen LogP contribution in [0.4, 0.5) is 0 Å². The van der Waals surface area contributed by atoms with Gasteiger partial charge in [-0.3, -0.25) is 0 Å². The van der Waals surface area contributed by atoms with Crippen LogP contribution in [0.1, 0.15) is 26.7 Å². The van der Waals surface area contributed by atoms with Gasteiger partial charge in [0.25, 0.3) is 0 Å². The zero-order valence-electron chi connectivity index (χ0n) is 5.08. The maximum Gasteiger partial charge on any atom is 0.0814 e. The monoisotopic (exact) mass is 123 g/mol. The van der Waals surface area contributed by atoms with E-state index in [2.05, 4.69) is 19.6 Å². The average molecular weight is 124 g/mol. The van der Waals surface area contributed by atoms with E-state index in [-0.39, 0.29) is 12.4 Å². The van der Waals surface area contributed by atoms with Gasteiger partial charge in [-0.1, -0.05) is 13.3 Å². The Hall–Kier alpha value is 0.250. The summed E-state index contributed by atoms with van der Waals surface area (Å²) in [5, 5.41) is 0. The lowest BCUT2D eigenvalue weighted by Gasteiger charge is -1.93. The largest absolute Gasteiger partial charge is 1.00 e. The average Bonchev–Trinajstić information content (AvgIpc) is 1.35. The lowest BCUT2D eigenvalue weighted by Crippen LogP contribution is -3.00. The van der Waals surface area contributed by atoms with Gasteiger partial charge < -0.3 is 18.1 Å². The highest BCUT2D eigenvalue weighted by Crippen LogP contribution is 1.86.